The van der Waals surface area contributed by atoms with Crippen LogP contribution in [0.2, 0.25) is 0 Å². The van der Waals surface area contributed by atoms with Gasteiger partial charge in [-0.2, -0.15) is 0 Å². The predicted octanol–water partition coefficient (Wildman–Crippen LogP) is 4.10. The molecule has 0 aliphatic heterocycles. The third-order valence-corrected chi connectivity index (χ3v) is 3.10. The first-order chi connectivity index (χ1) is 9.69. The monoisotopic (exact) mass is 270 g/mol. The lowest BCUT2D eigenvalue weighted by Crippen LogP contribution is -2.03. The summed E-state index contributed by atoms with van der Waals surface area (Å²) in [6, 6.07) is 10.2. The van der Waals surface area contributed by atoms with Crippen molar-refractivity contribution in [1.82, 2.24) is 4.98 Å². The van der Waals surface area contributed by atoms with Crippen LogP contribution in [-0.4, -0.2) is 11.5 Å². The number of hydrogen-bond donors (Lipinski definition) is 1. The van der Waals surface area contributed by atoms with Crippen molar-refractivity contribution in [2.24, 2.45) is 0 Å². The van der Waals surface area contributed by atoms with Crippen LogP contribution in [0.4, 0.5) is 5.69 Å². The smallest absolute Gasteiger partial charge is 0.130 e. The van der Waals surface area contributed by atoms with Gasteiger partial charge in [0.05, 0.1) is 5.69 Å². The van der Waals surface area contributed by atoms with Crippen molar-refractivity contribution in [1.29, 1.82) is 0 Å². The second-order valence-corrected chi connectivity index (χ2v) is 5.02. The summed E-state index contributed by atoms with van der Waals surface area (Å²) in [5.74, 6) is 0.921. The van der Waals surface area contributed by atoms with Crippen LogP contribution in [-0.2, 0) is 6.61 Å². The number of ether oxygens (including phenoxy) is 1. The van der Waals surface area contributed by atoms with Crippen LogP contribution in [0.25, 0.3) is 0 Å². The molecule has 0 aliphatic carbocycles. The molecule has 0 aliphatic rings. The van der Waals surface area contributed by atoms with Gasteiger partial charge in [0.15, 0.2) is 0 Å². The normalized spacial score (nSPS) is 10.3. The first-order valence-corrected chi connectivity index (χ1v) is 7.08. The van der Waals surface area contributed by atoms with E-state index in [1.165, 1.54) is 5.56 Å². The van der Waals surface area contributed by atoms with Gasteiger partial charge in [-0.05, 0) is 44.0 Å². The summed E-state index contributed by atoms with van der Waals surface area (Å²) in [6.45, 7) is 7.77. The summed E-state index contributed by atoms with van der Waals surface area (Å²) in [6.07, 6.45) is 2.93. The van der Waals surface area contributed by atoms with E-state index < -0.39 is 0 Å². The third kappa shape index (κ3) is 3.98. The SMILES string of the molecule is CCCNc1ccnc(COc2ccc(C)cc2C)c1. The molecule has 0 saturated heterocycles. The minimum atomic E-state index is 0.492. The fraction of sp³-hybridized carbons (Fsp3) is 0.353. The van der Waals surface area contributed by atoms with Crippen molar-refractivity contribution in [3.63, 3.8) is 0 Å². The highest BCUT2D eigenvalue weighted by Gasteiger charge is 2.02. The van der Waals surface area contributed by atoms with E-state index in [0.29, 0.717) is 6.61 Å². The average Bonchev–Trinajstić information content (AvgIpc) is 2.45. The first-order valence-electron chi connectivity index (χ1n) is 7.08. The largest absolute Gasteiger partial charge is 0.487 e. The molecule has 1 N–H and O–H groups in total. The van der Waals surface area contributed by atoms with E-state index in [1.807, 2.05) is 24.4 Å². The molecule has 1 heterocycles. The van der Waals surface area contributed by atoms with Crippen LogP contribution in [0.1, 0.15) is 30.2 Å². The van der Waals surface area contributed by atoms with Crippen molar-refractivity contribution in [2.75, 3.05) is 11.9 Å². The third-order valence-electron chi connectivity index (χ3n) is 3.10. The number of nitrogens with one attached hydrogen (secondary N) is 1. The first kappa shape index (κ1) is 14.4. The molecule has 0 unspecified atom stereocenters. The van der Waals surface area contributed by atoms with Crippen molar-refractivity contribution in [3.05, 3.63) is 53.3 Å². The molecule has 3 nitrogen and oxygen atoms in total. The lowest BCUT2D eigenvalue weighted by molar-refractivity contribution is 0.299. The van der Waals surface area contributed by atoms with E-state index >= 15 is 0 Å². The van der Waals surface area contributed by atoms with E-state index in [9.17, 15) is 0 Å². The number of rotatable bonds is 6. The zero-order valence-electron chi connectivity index (χ0n) is 12.4. The summed E-state index contributed by atoms with van der Waals surface area (Å²) >= 11 is 0. The molecular formula is C17H22N2O. The Balaban J connectivity index is 1.99. The van der Waals surface area contributed by atoms with E-state index in [1.54, 1.807) is 0 Å². The second kappa shape index (κ2) is 6.94. The van der Waals surface area contributed by atoms with Crippen molar-refractivity contribution in [3.8, 4) is 5.75 Å². The molecule has 0 spiro atoms. The Morgan fingerprint density at radius 2 is 2.00 bits per heavy atom. The number of nitrogens with zero attached hydrogens (tertiary/aromatic N) is 1. The Kier molecular flexibility index (Phi) is 4.99. The quantitative estimate of drug-likeness (QED) is 0.858. The van der Waals surface area contributed by atoms with E-state index in [2.05, 4.69) is 43.2 Å². The van der Waals surface area contributed by atoms with Gasteiger partial charge in [-0.3, -0.25) is 4.98 Å². The molecule has 0 radical (unpaired) electrons. The van der Waals surface area contributed by atoms with Gasteiger partial charge in [-0.1, -0.05) is 24.6 Å². The maximum absolute atomic E-state index is 5.85. The second-order valence-electron chi connectivity index (χ2n) is 5.02. The Morgan fingerprint density at radius 1 is 1.15 bits per heavy atom. The van der Waals surface area contributed by atoms with Crippen LogP contribution in [0.5, 0.6) is 5.75 Å². The summed E-state index contributed by atoms with van der Waals surface area (Å²) in [5, 5.41) is 3.36. The average molecular weight is 270 g/mol. The highest BCUT2D eigenvalue weighted by Crippen LogP contribution is 2.20. The highest BCUT2D eigenvalue weighted by atomic mass is 16.5. The molecule has 0 amide bonds. The van der Waals surface area contributed by atoms with Gasteiger partial charge in [0.2, 0.25) is 0 Å². The van der Waals surface area contributed by atoms with Crippen LogP contribution in [0.3, 0.4) is 0 Å². The zero-order chi connectivity index (χ0) is 14.4. The molecule has 0 bridgehead atoms. The van der Waals surface area contributed by atoms with E-state index in [0.717, 1.165) is 35.7 Å². The lowest BCUT2D eigenvalue weighted by atomic mass is 10.1. The number of hydrogen-bond acceptors (Lipinski definition) is 3. The molecule has 0 fully saturated rings. The summed E-state index contributed by atoms with van der Waals surface area (Å²) in [7, 11) is 0. The highest BCUT2D eigenvalue weighted by molar-refractivity contribution is 5.43. The lowest BCUT2D eigenvalue weighted by Gasteiger charge is -2.10. The maximum Gasteiger partial charge on any atom is 0.130 e. The fourth-order valence-corrected chi connectivity index (χ4v) is 2.05. The van der Waals surface area contributed by atoms with Crippen LogP contribution in [0.15, 0.2) is 36.5 Å². The minimum absolute atomic E-state index is 0.492. The number of anilines is 1. The topological polar surface area (TPSA) is 34.2 Å². The summed E-state index contributed by atoms with van der Waals surface area (Å²) < 4.78 is 5.85. The molecular weight excluding hydrogens is 248 g/mol. The summed E-state index contributed by atoms with van der Waals surface area (Å²) in [4.78, 5) is 4.34. The number of pyridine rings is 1. The molecule has 1 aromatic carbocycles. The van der Waals surface area contributed by atoms with Crippen molar-refractivity contribution in [2.45, 2.75) is 33.8 Å². The van der Waals surface area contributed by atoms with E-state index in [-0.39, 0.29) is 0 Å². The number of aromatic nitrogens is 1. The van der Waals surface area contributed by atoms with Gasteiger partial charge < -0.3 is 10.1 Å². The van der Waals surface area contributed by atoms with E-state index in [4.69, 9.17) is 4.74 Å². The molecule has 0 saturated carbocycles. The van der Waals surface area contributed by atoms with Gasteiger partial charge in [0, 0.05) is 18.4 Å². The van der Waals surface area contributed by atoms with Crippen molar-refractivity contribution < 1.29 is 4.74 Å². The number of aryl methyl sites for hydroxylation is 2. The van der Waals surface area contributed by atoms with Gasteiger partial charge in [0.25, 0.3) is 0 Å². The number of benzene rings is 1. The Labute approximate surface area is 121 Å². The molecule has 3 heteroatoms. The van der Waals surface area contributed by atoms with Crippen LogP contribution >= 0.6 is 0 Å². The van der Waals surface area contributed by atoms with Gasteiger partial charge >= 0.3 is 0 Å². The zero-order valence-corrected chi connectivity index (χ0v) is 12.4. The molecule has 1 aromatic heterocycles. The molecule has 0 atom stereocenters. The van der Waals surface area contributed by atoms with Crippen LogP contribution < -0.4 is 10.1 Å². The standard InChI is InChI=1S/C17H22N2O/c1-4-8-18-15-7-9-19-16(11-15)12-20-17-6-5-13(2)10-14(17)3/h5-7,9-11H,4,8,12H2,1-3H3,(H,18,19). The molecule has 106 valence electrons. The molecule has 2 rings (SSSR count). The minimum Gasteiger partial charge on any atom is -0.487 e. The Hall–Kier alpha value is -2.03. The van der Waals surface area contributed by atoms with Gasteiger partial charge in [-0.25, -0.2) is 0 Å². The Bertz CT molecular complexity index is 567. The summed E-state index contributed by atoms with van der Waals surface area (Å²) in [5.41, 5.74) is 4.44. The van der Waals surface area contributed by atoms with Gasteiger partial charge in [-0.15, -0.1) is 0 Å². The fourth-order valence-electron chi connectivity index (χ4n) is 2.05. The van der Waals surface area contributed by atoms with Crippen molar-refractivity contribution >= 4 is 5.69 Å². The molecule has 2 aromatic rings. The van der Waals surface area contributed by atoms with Crippen LogP contribution in [0, 0.1) is 13.8 Å². The van der Waals surface area contributed by atoms with Gasteiger partial charge in [0.1, 0.15) is 12.4 Å². The Morgan fingerprint density at radius 3 is 2.75 bits per heavy atom. The molecule has 20 heavy (non-hydrogen) atoms. The predicted molar refractivity (Wildman–Crippen MR) is 83.3 cm³/mol. The maximum atomic E-state index is 5.85.